The monoisotopic (exact) mass is 228 g/mol. The van der Waals surface area contributed by atoms with Gasteiger partial charge in [0.1, 0.15) is 0 Å². The maximum absolute atomic E-state index is 5.21. The molecule has 1 N–H and O–H groups in total. The fourth-order valence-electron chi connectivity index (χ4n) is 2.25. The van der Waals surface area contributed by atoms with Crippen molar-refractivity contribution >= 4 is 0 Å². The van der Waals surface area contributed by atoms with Gasteiger partial charge in [-0.25, -0.2) is 0 Å². The van der Waals surface area contributed by atoms with Gasteiger partial charge >= 0.3 is 0 Å². The largest absolute Gasteiger partial charge is 0.383 e. The maximum atomic E-state index is 5.21. The molecular formula is C13H28N2O. The van der Waals surface area contributed by atoms with Gasteiger partial charge in [-0.3, -0.25) is 4.90 Å². The predicted octanol–water partition coefficient (Wildman–Crippen LogP) is 1.73. The summed E-state index contributed by atoms with van der Waals surface area (Å²) in [7, 11) is 3.85. The van der Waals surface area contributed by atoms with Gasteiger partial charge in [0.05, 0.1) is 6.61 Å². The second-order valence-electron chi connectivity index (χ2n) is 4.96. The SMILES string of the molecule is CCC(CN(CCOC)C(C)C1CC1)NC. The molecule has 0 aliphatic heterocycles. The standard InChI is InChI=1S/C13H28N2O/c1-5-13(14-3)10-15(8-9-16-4)11(2)12-6-7-12/h11-14H,5-10H2,1-4H3. The summed E-state index contributed by atoms with van der Waals surface area (Å²) in [6, 6.07) is 1.33. The molecule has 1 fully saturated rings. The first-order chi connectivity index (χ1) is 7.72. The van der Waals surface area contributed by atoms with Crippen molar-refractivity contribution in [2.24, 2.45) is 5.92 Å². The van der Waals surface area contributed by atoms with E-state index in [4.69, 9.17) is 4.74 Å². The van der Waals surface area contributed by atoms with Crippen LogP contribution < -0.4 is 5.32 Å². The van der Waals surface area contributed by atoms with Crippen molar-refractivity contribution in [1.29, 1.82) is 0 Å². The molecule has 1 aliphatic carbocycles. The molecule has 0 aromatic rings. The Labute approximate surface area is 101 Å². The lowest BCUT2D eigenvalue weighted by atomic mass is 10.1. The average molecular weight is 228 g/mol. The van der Waals surface area contributed by atoms with Gasteiger partial charge in [0.2, 0.25) is 0 Å². The number of methoxy groups -OCH3 is 1. The van der Waals surface area contributed by atoms with Gasteiger partial charge < -0.3 is 10.1 Å². The van der Waals surface area contributed by atoms with Gasteiger partial charge in [0.25, 0.3) is 0 Å². The highest BCUT2D eigenvalue weighted by atomic mass is 16.5. The van der Waals surface area contributed by atoms with E-state index in [-0.39, 0.29) is 0 Å². The molecule has 3 nitrogen and oxygen atoms in total. The molecule has 16 heavy (non-hydrogen) atoms. The molecule has 0 aromatic heterocycles. The smallest absolute Gasteiger partial charge is 0.0589 e. The van der Waals surface area contributed by atoms with Crippen molar-refractivity contribution in [2.45, 2.75) is 45.2 Å². The van der Waals surface area contributed by atoms with E-state index >= 15 is 0 Å². The van der Waals surface area contributed by atoms with E-state index in [0.29, 0.717) is 6.04 Å². The van der Waals surface area contributed by atoms with Crippen LogP contribution in [0.3, 0.4) is 0 Å². The molecule has 0 heterocycles. The quantitative estimate of drug-likeness (QED) is 0.650. The summed E-state index contributed by atoms with van der Waals surface area (Å²) in [6.07, 6.45) is 4.03. The molecule has 1 aliphatic rings. The summed E-state index contributed by atoms with van der Waals surface area (Å²) in [5.74, 6) is 0.936. The molecule has 0 radical (unpaired) electrons. The summed E-state index contributed by atoms with van der Waals surface area (Å²) in [5.41, 5.74) is 0. The third-order valence-corrected chi connectivity index (χ3v) is 3.82. The number of nitrogens with one attached hydrogen (secondary N) is 1. The third kappa shape index (κ3) is 4.40. The molecule has 2 unspecified atom stereocenters. The van der Waals surface area contributed by atoms with Crippen LogP contribution in [0.5, 0.6) is 0 Å². The van der Waals surface area contributed by atoms with Crippen LogP contribution in [0.25, 0.3) is 0 Å². The van der Waals surface area contributed by atoms with Gasteiger partial charge in [0.15, 0.2) is 0 Å². The molecule has 3 heteroatoms. The minimum atomic E-state index is 0.609. The Morgan fingerprint density at radius 2 is 2.12 bits per heavy atom. The van der Waals surface area contributed by atoms with Crippen LogP contribution in [0, 0.1) is 5.92 Å². The van der Waals surface area contributed by atoms with Crippen LogP contribution in [0.15, 0.2) is 0 Å². The first kappa shape index (κ1) is 13.9. The zero-order valence-corrected chi connectivity index (χ0v) is 11.3. The molecule has 1 saturated carbocycles. The highest BCUT2D eigenvalue weighted by molar-refractivity contribution is 4.86. The van der Waals surface area contributed by atoms with E-state index in [1.54, 1.807) is 7.11 Å². The number of rotatable bonds is 9. The van der Waals surface area contributed by atoms with Crippen LogP contribution in [0.4, 0.5) is 0 Å². The van der Waals surface area contributed by atoms with Gasteiger partial charge in [0, 0.05) is 32.3 Å². The Balaban J connectivity index is 2.41. The molecule has 1 rings (SSSR count). The van der Waals surface area contributed by atoms with Crippen LogP contribution in [0.2, 0.25) is 0 Å². The predicted molar refractivity (Wildman–Crippen MR) is 68.8 cm³/mol. The summed E-state index contributed by atoms with van der Waals surface area (Å²) >= 11 is 0. The average Bonchev–Trinajstić information content (AvgIpc) is 3.13. The third-order valence-electron chi connectivity index (χ3n) is 3.82. The Morgan fingerprint density at radius 1 is 1.44 bits per heavy atom. The zero-order chi connectivity index (χ0) is 12.0. The van der Waals surface area contributed by atoms with Crippen molar-refractivity contribution in [3.63, 3.8) is 0 Å². The van der Waals surface area contributed by atoms with Crippen molar-refractivity contribution in [3.05, 3.63) is 0 Å². The lowest BCUT2D eigenvalue weighted by Gasteiger charge is -2.32. The lowest BCUT2D eigenvalue weighted by molar-refractivity contribution is 0.108. The molecule has 2 atom stereocenters. The highest BCUT2D eigenvalue weighted by Gasteiger charge is 2.32. The Hall–Kier alpha value is -0.120. The van der Waals surface area contributed by atoms with Crippen molar-refractivity contribution < 1.29 is 4.74 Å². The molecule has 96 valence electrons. The van der Waals surface area contributed by atoms with Crippen molar-refractivity contribution in [1.82, 2.24) is 10.2 Å². The molecule has 0 saturated heterocycles. The number of hydrogen-bond acceptors (Lipinski definition) is 3. The number of nitrogens with zero attached hydrogens (tertiary/aromatic N) is 1. The Kier molecular flexibility index (Phi) is 6.32. The van der Waals surface area contributed by atoms with Gasteiger partial charge in [-0.15, -0.1) is 0 Å². The first-order valence-corrected chi connectivity index (χ1v) is 6.63. The molecule has 0 aromatic carbocycles. The molecular weight excluding hydrogens is 200 g/mol. The number of hydrogen-bond donors (Lipinski definition) is 1. The Morgan fingerprint density at radius 3 is 2.56 bits per heavy atom. The Bertz CT molecular complexity index is 179. The topological polar surface area (TPSA) is 24.5 Å². The van der Waals surface area contributed by atoms with Crippen LogP contribution in [-0.2, 0) is 4.74 Å². The second kappa shape index (κ2) is 7.25. The van der Waals surface area contributed by atoms with E-state index in [1.165, 1.54) is 19.3 Å². The fourth-order valence-corrected chi connectivity index (χ4v) is 2.25. The highest BCUT2D eigenvalue weighted by Crippen LogP contribution is 2.35. The lowest BCUT2D eigenvalue weighted by Crippen LogP contribution is -2.45. The normalized spacial score (nSPS) is 20.1. The minimum absolute atomic E-state index is 0.609. The van der Waals surface area contributed by atoms with E-state index in [2.05, 4.69) is 31.1 Å². The van der Waals surface area contributed by atoms with Crippen molar-refractivity contribution in [2.75, 3.05) is 33.9 Å². The zero-order valence-electron chi connectivity index (χ0n) is 11.3. The summed E-state index contributed by atoms with van der Waals surface area (Å²) in [5, 5.41) is 3.39. The number of ether oxygens (including phenoxy) is 1. The summed E-state index contributed by atoms with van der Waals surface area (Å²) < 4.78 is 5.21. The van der Waals surface area contributed by atoms with Crippen LogP contribution >= 0.6 is 0 Å². The van der Waals surface area contributed by atoms with E-state index in [1.807, 2.05) is 0 Å². The summed E-state index contributed by atoms with van der Waals surface area (Å²) in [4.78, 5) is 2.59. The molecule has 0 bridgehead atoms. The van der Waals surface area contributed by atoms with Crippen LogP contribution in [0.1, 0.15) is 33.1 Å². The van der Waals surface area contributed by atoms with Gasteiger partial charge in [-0.2, -0.15) is 0 Å². The van der Waals surface area contributed by atoms with E-state index in [0.717, 1.165) is 31.7 Å². The summed E-state index contributed by atoms with van der Waals surface area (Å²) in [6.45, 7) is 7.67. The van der Waals surface area contributed by atoms with Crippen molar-refractivity contribution in [3.8, 4) is 0 Å². The fraction of sp³-hybridized carbons (Fsp3) is 1.00. The van der Waals surface area contributed by atoms with Crippen LogP contribution in [-0.4, -0.2) is 50.8 Å². The van der Waals surface area contributed by atoms with E-state index < -0.39 is 0 Å². The van der Waals surface area contributed by atoms with Gasteiger partial charge in [-0.05, 0) is 39.2 Å². The number of likely N-dealkylation sites (N-methyl/N-ethyl adjacent to an activating group) is 1. The maximum Gasteiger partial charge on any atom is 0.0589 e. The van der Waals surface area contributed by atoms with E-state index in [9.17, 15) is 0 Å². The molecule has 0 amide bonds. The molecule has 0 spiro atoms. The van der Waals surface area contributed by atoms with Gasteiger partial charge in [-0.1, -0.05) is 6.92 Å². The first-order valence-electron chi connectivity index (χ1n) is 6.63. The second-order valence-corrected chi connectivity index (χ2v) is 4.96. The minimum Gasteiger partial charge on any atom is -0.383 e.